The molecular weight excluding hydrogens is 248 g/mol. The summed E-state index contributed by atoms with van der Waals surface area (Å²) in [4.78, 5) is 0. The number of phenols is 1. The van der Waals surface area contributed by atoms with E-state index in [1.807, 2.05) is 6.07 Å². The summed E-state index contributed by atoms with van der Waals surface area (Å²) < 4.78 is 6.24. The highest BCUT2D eigenvalue weighted by Crippen LogP contribution is 2.55. The lowest BCUT2D eigenvalue weighted by atomic mass is 9.64. The van der Waals surface area contributed by atoms with Crippen LogP contribution in [-0.4, -0.2) is 10.7 Å². The van der Waals surface area contributed by atoms with Gasteiger partial charge in [-0.2, -0.15) is 0 Å². The standard InChI is InChI=1S/C18H26O2/c1-5-12-7-9-15-16(17(12)19)13-10-11(2)6-8-14(13)18(3,4)20-15/h7,9,11,13-14,19H,5-6,8,10H2,1-4H3. The Morgan fingerprint density at radius 2 is 2.05 bits per heavy atom. The number of hydrogen-bond acceptors (Lipinski definition) is 2. The number of ether oxygens (including phenoxy) is 1. The fourth-order valence-electron chi connectivity index (χ4n) is 4.26. The summed E-state index contributed by atoms with van der Waals surface area (Å²) in [6.07, 6.45) is 4.52. The Labute approximate surface area is 122 Å². The Balaban J connectivity index is 2.13. The molecule has 2 nitrogen and oxygen atoms in total. The molecule has 2 heteroatoms. The molecule has 1 aromatic rings. The maximum Gasteiger partial charge on any atom is 0.127 e. The third kappa shape index (κ3) is 2.01. The van der Waals surface area contributed by atoms with Crippen molar-refractivity contribution in [3.8, 4) is 11.5 Å². The van der Waals surface area contributed by atoms with Crippen LogP contribution in [0.15, 0.2) is 12.1 Å². The molecular formula is C18H26O2. The number of hydrogen-bond donors (Lipinski definition) is 1. The number of fused-ring (bicyclic) bond motifs is 3. The topological polar surface area (TPSA) is 29.5 Å². The van der Waals surface area contributed by atoms with Crippen LogP contribution < -0.4 is 4.74 Å². The van der Waals surface area contributed by atoms with Crippen molar-refractivity contribution in [2.45, 2.75) is 64.9 Å². The van der Waals surface area contributed by atoms with Crippen LogP contribution in [0.4, 0.5) is 0 Å². The molecule has 1 aliphatic carbocycles. The molecule has 0 saturated heterocycles. The van der Waals surface area contributed by atoms with Gasteiger partial charge in [0.05, 0.1) is 0 Å². The van der Waals surface area contributed by atoms with Crippen molar-refractivity contribution in [2.24, 2.45) is 11.8 Å². The Hall–Kier alpha value is -1.18. The minimum absolute atomic E-state index is 0.127. The van der Waals surface area contributed by atoms with Gasteiger partial charge in [0.25, 0.3) is 0 Å². The Morgan fingerprint density at radius 3 is 2.75 bits per heavy atom. The summed E-state index contributed by atoms with van der Waals surface area (Å²) in [7, 11) is 0. The molecule has 3 atom stereocenters. The molecule has 0 aromatic heterocycles. The zero-order chi connectivity index (χ0) is 14.5. The van der Waals surface area contributed by atoms with Crippen LogP contribution in [0.1, 0.15) is 64.0 Å². The van der Waals surface area contributed by atoms with Crippen LogP contribution in [0, 0.1) is 11.8 Å². The average Bonchev–Trinajstić information content (AvgIpc) is 2.37. The first kappa shape index (κ1) is 13.8. The van der Waals surface area contributed by atoms with Crippen molar-refractivity contribution in [1.82, 2.24) is 0 Å². The first-order valence-electron chi connectivity index (χ1n) is 7.97. The normalized spacial score (nSPS) is 31.1. The van der Waals surface area contributed by atoms with Crippen molar-refractivity contribution in [3.05, 3.63) is 23.3 Å². The van der Waals surface area contributed by atoms with Gasteiger partial charge in [0, 0.05) is 11.5 Å². The highest BCUT2D eigenvalue weighted by atomic mass is 16.5. The highest BCUT2D eigenvalue weighted by molar-refractivity contribution is 5.53. The monoisotopic (exact) mass is 274 g/mol. The molecule has 1 heterocycles. The van der Waals surface area contributed by atoms with Crippen LogP contribution in [0.3, 0.4) is 0 Å². The second-order valence-electron chi connectivity index (χ2n) is 7.18. The summed E-state index contributed by atoms with van der Waals surface area (Å²) in [5.41, 5.74) is 2.00. The predicted molar refractivity (Wildman–Crippen MR) is 81.4 cm³/mol. The molecule has 0 amide bonds. The van der Waals surface area contributed by atoms with Crippen molar-refractivity contribution in [3.63, 3.8) is 0 Å². The van der Waals surface area contributed by atoms with E-state index in [9.17, 15) is 5.11 Å². The molecule has 3 unspecified atom stereocenters. The van der Waals surface area contributed by atoms with E-state index in [2.05, 4.69) is 33.8 Å². The summed E-state index contributed by atoms with van der Waals surface area (Å²) >= 11 is 0. The Morgan fingerprint density at radius 1 is 1.30 bits per heavy atom. The Kier molecular flexibility index (Phi) is 3.23. The fraction of sp³-hybridized carbons (Fsp3) is 0.667. The Bertz CT molecular complexity index is 518. The van der Waals surface area contributed by atoms with Gasteiger partial charge in [-0.3, -0.25) is 0 Å². The zero-order valence-corrected chi connectivity index (χ0v) is 13.1. The molecule has 2 aliphatic rings. The SMILES string of the molecule is CCc1ccc2c(c1O)C1CC(C)CCC1C(C)(C)O2. The minimum atomic E-state index is -0.127. The third-order valence-electron chi connectivity index (χ3n) is 5.39. The lowest BCUT2D eigenvalue weighted by molar-refractivity contribution is -0.0145. The maximum absolute atomic E-state index is 10.7. The molecule has 1 fully saturated rings. The van der Waals surface area contributed by atoms with Gasteiger partial charge < -0.3 is 9.84 Å². The van der Waals surface area contributed by atoms with Crippen molar-refractivity contribution >= 4 is 0 Å². The van der Waals surface area contributed by atoms with Crippen LogP contribution in [0.25, 0.3) is 0 Å². The fourth-order valence-corrected chi connectivity index (χ4v) is 4.26. The predicted octanol–water partition coefficient (Wildman–Crippen LogP) is 4.65. The third-order valence-corrected chi connectivity index (χ3v) is 5.39. The molecule has 110 valence electrons. The van der Waals surface area contributed by atoms with E-state index < -0.39 is 0 Å². The van der Waals surface area contributed by atoms with E-state index in [1.54, 1.807) is 0 Å². The maximum atomic E-state index is 10.7. The van der Waals surface area contributed by atoms with Gasteiger partial charge in [-0.05, 0) is 56.6 Å². The van der Waals surface area contributed by atoms with Crippen LogP contribution in [0.2, 0.25) is 0 Å². The quantitative estimate of drug-likeness (QED) is 0.808. The first-order chi connectivity index (χ1) is 9.44. The van der Waals surface area contributed by atoms with E-state index in [-0.39, 0.29) is 5.60 Å². The number of aromatic hydroxyl groups is 1. The second kappa shape index (κ2) is 4.68. The molecule has 1 aliphatic heterocycles. The lowest BCUT2D eigenvalue weighted by Crippen LogP contribution is -2.46. The molecule has 20 heavy (non-hydrogen) atoms. The van der Waals surface area contributed by atoms with E-state index in [1.165, 1.54) is 19.3 Å². The lowest BCUT2D eigenvalue weighted by Gasteiger charge is -2.49. The molecule has 0 radical (unpaired) electrons. The smallest absolute Gasteiger partial charge is 0.127 e. The van der Waals surface area contributed by atoms with Gasteiger partial charge in [0.2, 0.25) is 0 Å². The summed E-state index contributed by atoms with van der Waals surface area (Å²) in [6.45, 7) is 8.83. The van der Waals surface area contributed by atoms with Crippen molar-refractivity contribution < 1.29 is 9.84 Å². The summed E-state index contributed by atoms with van der Waals surface area (Å²) in [5.74, 6) is 3.10. The number of rotatable bonds is 1. The van der Waals surface area contributed by atoms with E-state index in [0.717, 1.165) is 29.2 Å². The molecule has 3 rings (SSSR count). The molecule has 1 saturated carbocycles. The van der Waals surface area contributed by atoms with E-state index in [4.69, 9.17) is 4.74 Å². The average molecular weight is 274 g/mol. The molecule has 0 bridgehead atoms. The minimum Gasteiger partial charge on any atom is -0.507 e. The van der Waals surface area contributed by atoms with Crippen molar-refractivity contribution in [1.29, 1.82) is 0 Å². The number of benzene rings is 1. The first-order valence-corrected chi connectivity index (χ1v) is 7.97. The van der Waals surface area contributed by atoms with Crippen molar-refractivity contribution in [2.75, 3.05) is 0 Å². The molecule has 1 aromatic carbocycles. The van der Waals surface area contributed by atoms with E-state index in [0.29, 0.717) is 17.6 Å². The second-order valence-corrected chi connectivity index (χ2v) is 7.18. The molecule has 1 N–H and O–H groups in total. The summed E-state index contributed by atoms with van der Waals surface area (Å²) in [6, 6.07) is 4.07. The highest BCUT2D eigenvalue weighted by Gasteiger charge is 2.47. The summed E-state index contributed by atoms with van der Waals surface area (Å²) in [5, 5.41) is 10.7. The van der Waals surface area contributed by atoms with Crippen LogP contribution in [-0.2, 0) is 6.42 Å². The van der Waals surface area contributed by atoms with Gasteiger partial charge in [-0.1, -0.05) is 26.3 Å². The van der Waals surface area contributed by atoms with Gasteiger partial charge >= 0.3 is 0 Å². The van der Waals surface area contributed by atoms with Gasteiger partial charge in [0.15, 0.2) is 0 Å². The largest absolute Gasteiger partial charge is 0.507 e. The zero-order valence-electron chi connectivity index (χ0n) is 13.1. The van der Waals surface area contributed by atoms with Gasteiger partial charge in [-0.15, -0.1) is 0 Å². The van der Waals surface area contributed by atoms with Gasteiger partial charge in [0.1, 0.15) is 17.1 Å². The van der Waals surface area contributed by atoms with Crippen LogP contribution in [0.5, 0.6) is 11.5 Å². The molecule has 0 spiro atoms. The number of phenolic OH excluding ortho intramolecular Hbond substituents is 1. The van der Waals surface area contributed by atoms with Crippen LogP contribution >= 0.6 is 0 Å². The van der Waals surface area contributed by atoms with E-state index >= 15 is 0 Å². The number of aryl methyl sites for hydroxylation is 1. The van der Waals surface area contributed by atoms with Gasteiger partial charge in [-0.25, -0.2) is 0 Å².